The van der Waals surface area contributed by atoms with E-state index >= 15 is 0 Å². The molecule has 0 heterocycles. The Balaban J connectivity index is 1.94. The van der Waals surface area contributed by atoms with E-state index in [1.54, 1.807) is 24.3 Å². The topological polar surface area (TPSA) is 52.6 Å². The SMILES string of the molecule is CN(C)c1ccc([C@@H](O)CNC(=O)c2cccc(Cl)c2)cc1. The molecule has 0 unspecified atom stereocenters. The summed E-state index contributed by atoms with van der Waals surface area (Å²) in [5.74, 6) is -0.258. The summed E-state index contributed by atoms with van der Waals surface area (Å²) in [6, 6.07) is 14.3. The first-order valence-corrected chi connectivity index (χ1v) is 7.34. The number of hydrogen-bond donors (Lipinski definition) is 2. The molecule has 2 rings (SSSR count). The van der Waals surface area contributed by atoms with Gasteiger partial charge in [0.15, 0.2) is 0 Å². The Hall–Kier alpha value is -2.04. The van der Waals surface area contributed by atoms with Gasteiger partial charge in [0.2, 0.25) is 0 Å². The monoisotopic (exact) mass is 318 g/mol. The zero-order chi connectivity index (χ0) is 16.1. The van der Waals surface area contributed by atoms with Gasteiger partial charge in [-0.15, -0.1) is 0 Å². The van der Waals surface area contributed by atoms with E-state index in [2.05, 4.69) is 5.32 Å². The Morgan fingerprint density at radius 2 is 1.91 bits per heavy atom. The summed E-state index contributed by atoms with van der Waals surface area (Å²) in [5, 5.41) is 13.4. The highest BCUT2D eigenvalue weighted by atomic mass is 35.5. The van der Waals surface area contributed by atoms with E-state index in [9.17, 15) is 9.90 Å². The van der Waals surface area contributed by atoms with Crippen LogP contribution in [0.1, 0.15) is 22.0 Å². The summed E-state index contributed by atoms with van der Waals surface area (Å²) >= 11 is 5.85. The summed E-state index contributed by atoms with van der Waals surface area (Å²) in [5.41, 5.74) is 2.29. The summed E-state index contributed by atoms with van der Waals surface area (Å²) < 4.78 is 0. The lowest BCUT2D eigenvalue weighted by molar-refractivity contribution is 0.0916. The first kappa shape index (κ1) is 16.3. The first-order valence-electron chi connectivity index (χ1n) is 6.96. The van der Waals surface area contributed by atoms with Crippen LogP contribution in [0.3, 0.4) is 0 Å². The molecule has 0 aliphatic carbocycles. The lowest BCUT2D eigenvalue weighted by Crippen LogP contribution is -2.28. The van der Waals surface area contributed by atoms with Crippen LogP contribution in [-0.2, 0) is 0 Å². The maximum absolute atomic E-state index is 12.0. The van der Waals surface area contributed by atoms with Gasteiger partial charge < -0.3 is 15.3 Å². The largest absolute Gasteiger partial charge is 0.387 e. The summed E-state index contributed by atoms with van der Waals surface area (Å²) in [4.78, 5) is 14.0. The molecule has 2 N–H and O–H groups in total. The number of amides is 1. The van der Waals surface area contributed by atoms with Crippen LogP contribution >= 0.6 is 11.6 Å². The van der Waals surface area contributed by atoms with Gasteiger partial charge in [0, 0.05) is 36.9 Å². The van der Waals surface area contributed by atoms with Gasteiger partial charge in [-0.05, 0) is 35.9 Å². The van der Waals surface area contributed by atoms with E-state index < -0.39 is 6.10 Å². The highest BCUT2D eigenvalue weighted by Crippen LogP contribution is 2.17. The van der Waals surface area contributed by atoms with Crippen LogP contribution in [0.4, 0.5) is 5.69 Å². The lowest BCUT2D eigenvalue weighted by atomic mass is 10.1. The van der Waals surface area contributed by atoms with Crippen molar-refractivity contribution in [3.63, 3.8) is 0 Å². The number of halogens is 1. The predicted octanol–water partition coefficient (Wildman–Crippen LogP) is 2.87. The molecule has 5 heteroatoms. The fourth-order valence-corrected chi connectivity index (χ4v) is 2.22. The second-order valence-corrected chi connectivity index (χ2v) is 5.66. The number of carbonyl (C=O) groups excluding carboxylic acids is 1. The van der Waals surface area contributed by atoms with Crippen molar-refractivity contribution in [1.29, 1.82) is 0 Å². The molecular formula is C17H19ClN2O2. The molecule has 0 fully saturated rings. The molecule has 4 nitrogen and oxygen atoms in total. The van der Waals surface area contributed by atoms with Crippen LogP contribution in [0.5, 0.6) is 0 Å². The van der Waals surface area contributed by atoms with Gasteiger partial charge in [0.25, 0.3) is 5.91 Å². The minimum absolute atomic E-state index is 0.145. The van der Waals surface area contributed by atoms with E-state index in [1.165, 1.54) is 0 Å². The molecule has 0 saturated carbocycles. The van der Waals surface area contributed by atoms with Gasteiger partial charge in [-0.1, -0.05) is 29.8 Å². The third-order valence-electron chi connectivity index (χ3n) is 3.34. The highest BCUT2D eigenvalue weighted by molar-refractivity contribution is 6.30. The molecule has 1 amide bonds. The van der Waals surface area contributed by atoms with Crippen LogP contribution < -0.4 is 10.2 Å². The van der Waals surface area contributed by atoms with Crippen LogP contribution in [-0.4, -0.2) is 31.7 Å². The molecule has 2 aromatic rings. The molecular weight excluding hydrogens is 300 g/mol. The molecule has 0 aliphatic heterocycles. The number of nitrogens with zero attached hydrogens (tertiary/aromatic N) is 1. The second kappa shape index (κ2) is 7.29. The van der Waals surface area contributed by atoms with E-state index in [0.717, 1.165) is 11.3 Å². The van der Waals surface area contributed by atoms with Gasteiger partial charge in [-0.3, -0.25) is 4.79 Å². The Bertz CT molecular complexity index is 641. The number of hydrogen-bond acceptors (Lipinski definition) is 3. The fraction of sp³-hybridized carbons (Fsp3) is 0.235. The van der Waals surface area contributed by atoms with Crippen molar-refractivity contribution in [3.8, 4) is 0 Å². The Kier molecular flexibility index (Phi) is 5.41. The molecule has 0 bridgehead atoms. The zero-order valence-corrected chi connectivity index (χ0v) is 13.3. The van der Waals surface area contributed by atoms with Crippen LogP contribution in [0.25, 0.3) is 0 Å². The van der Waals surface area contributed by atoms with Crippen molar-refractivity contribution < 1.29 is 9.90 Å². The summed E-state index contributed by atoms with van der Waals surface area (Å²) in [6.07, 6.45) is -0.751. The molecule has 116 valence electrons. The van der Waals surface area contributed by atoms with E-state index in [1.807, 2.05) is 43.3 Å². The Morgan fingerprint density at radius 1 is 1.23 bits per heavy atom. The van der Waals surface area contributed by atoms with Gasteiger partial charge in [0.1, 0.15) is 0 Å². The van der Waals surface area contributed by atoms with Crippen LogP contribution in [0, 0.1) is 0 Å². The van der Waals surface area contributed by atoms with Gasteiger partial charge in [-0.25, -0.2) is 0 Å². The number of aliphatic hydroxyl groups excluding tert-OH is 1. The summed E-state index contributed by atoms with van der Waals surface area (Å²) in [6.45, 7) is 0.145. The maximum Gasteiger partial charge on any atom is 0.251 e. The number of carbonyl (C=O) groups is 1. The molecule has 0 aliphatic rings. The van der Waals surface area contributed by atoms with E-state index in [0.29, 0.717) is 10.6 Å². The molecule has 0 aromatic heterocycles. The van der Waals surface area contributed by atoms with Gasteiger partial charge in [0.05, 0.1) is 6.10 Å². The minimum Gasteiger partial charge on any atom is -0.387 e. The maximum atomic E-state index is 12.0. The van der Waals surface area contributed by atoms with Crippen LogP contribution in [0.15, 0.2) is 48.5 Å². The molecule has 0 spiro atoms. The standard InChI is InChI=1S/C17H19ClN2O2/c1-20(2)15-8-6-12(7-9-15)16(21)11-19-17(22)13-4-3-5-14(18)10-13/h3-10,16,21H,11H2,1-2H3,(H,19,22)/t16-/m0/s1. The number of benzene rings is 2. The fourth-order valence-electron chi connectivity index (χ4n) is 2.03. The number of nitrogens with one attached hydrogen (secondary N) is 1. The third-order valence-corrected chi connectivity index (χ3v) is 3.57. The molecule has 2 aromatic carbocycles. The molecule has 0 radical (unpaired) electrons. The van der Waals surface area contributed by atoms with Crippen molar-refractivity contribution in [1.82, 2.24) is 5.32 Å². The predicted molar refractivity (Wildman–Crippen MR) is 89.5 cm³/mol. The van der Waals surface area contributed by atoms with Crippen molar-refractivity contribution in [3.05, 3.63) is 64.7 Å². The average molecular weight is 319 g/mol. The summed E-state index contributed by atoms with van der Waals surface area (Å²) in [7, 11) is 3.91. The lowest BCUT2D eigenvalue weighted by Gasteiger charge is -2.15. The smallest absolute Gasteiger partial charge is 0.251 e. The van der Waals surface area contributed by atoms with Crippen molar-refractivity contribution >= 4 is 23.2 Å². The molecule has 0 saturated heterocycles. The van der Waals surface area contributed by atoms with Gasteiger partial charge in [-0.2, -0.15) is 0 Å². The molecule has 1 atom stereocenters. The minimum atomic E-state index is -0.751. The molecule has 22 heavy (non-hydrogen) atoms. The quantitative estimate of drug-likeness (QED) is 0.891. The third kappa shape index (κ3) is 4.23. The Morgan fingerprint density at radius 3 is 2.50 bits per heavy atom. The van der Waals surface area contributed by atoms with Crippen LogP contribution in [0.2, 0.25) is 5.02 Å². The second-order valence-electron chi connectivity index (χ2n) is 5.22. The van der Waals surface area contributed by atoms with Gasteiger partial charge >= 0.3 is 0 Å². The zero-order valence-electron chi connectivity index (χ0n) is 12.6. The van der Waals surface area contributed by atoms with Crippen molar-refractivity contribution in [2.45, 2.75) is 6.10 Å². The van der Waals surface area contributed by atoms with E-state index in [4.69, 9.17) is 11.6 Å². The highest BCUT2D eigenvalue weighted by Gasteiger charge is 2.11. The number of rotatable bonds is 5. The average Bonchev–Trinajstić information content (AvgIpc) is 2.52. The van der Waals surface area contributed by atoms with E-state index in [-0.39, 0.29) is 12.5 Å². The van der Waals surface area contributed by atoms with Crippen molar-refractivity contribution in [2.75, 3.05) is 25.5 Å². The number of anilines is 1. The normalized spacial score (nSPS) is 11.8. The number of aliphatic hydroxyl groups is 1. The first-order chi connectivity index (χ1) is 10.5. The van der Waals surface area contributed by atoms with Crippen molar-refractivity contribution in [2.24, 2.45) is 0 Å². The Labute approximate surface area is 135 Å².